The van der Waals surface area contributed by atoms with Gasteiger partial charge in [0.2, 0.25) is 0 Å². The minimum absolute atomic E-state index is 0.136. The molecule has 2 nitrogen and oxygen atoms in total. The molecule has 0 spiro atoms. The average molecular weight is 252 g/mol. The van der Waals surface area contributed by atoms with Gasteiger partial charge in [0.15, 0.2) is 0 Å². The van der Waals surface area contributed by atoms with Gasteiger partial charge in [0.05, 0.1) is 0 Å². The van der Waals surface area contributed by atoms with E-state index in [1.807, 2.05) is 0 Å². The lowest BCUT2D eigenvalue weighted by atomic mass is 9.73. The van der Waals surface area contributed by atoms with Gasteiger partial charge in [-0.3, -0.25) is 0 Å². The lowest BCUT2D eigenvalue weighted by Crippen LogP contribution is -2.53. The fourth-order valence-corrected chi connectivity index (χ4v) is 4.00. The zero-order chi connectivity index (χ0) is 13.1. The van der Waals surface area contributed by atoms with Crippen LogP contribution in [0, 0.1) is 5.41 Å². The third-order valence-electron chi connectivity index (χ3n) is 5.80. The summed E-state index contributed by atoms with van der Waals surface area (Å²) in [6, 6.07) is 0. The number of piperidine rings is 1. The Morgan fingerprint density at radius 2 is 1.44 bits per heavy atom. The molecule has 2 rings (SSSR count). The van der Waals surface area contributed by atoms with Gasteiger partial charge in [0.1, 0.15) is 0 Å². The van der Waals surface area contributed by atoms with Crippen LogP contribution in [0.3, 0.4) is 0 Å². The van der Waals surface area contributed by atoms with Gasteiger partial charge in [-0.05, 0) is 44.2 Å². The predicted molar refractivity (Wildman–Crippen MR) is 78.7 cm³/mol. The summed E-state index contributed by atoms with van der Waals surface area (Å²) in [6.45, 7) is 8.44. The molecule has 1 heterocycles. The first-order valence-electron chi connectivity index (χ1n) is 8.13. The largest absolute Gasteiger partial charge is 0.324 e. The quantitative estimate of drug-likeness (QED) is 0.829. The van der Waals surface area contributed by atoms with Gasteiger partial charge in [0, 0.05) is 12.1 Å². The van der Waals surface area contributed by atoms with Gasteiger partial charge in [0.25, 0.3) is 0 Å². The number of likely N-dealkylation sites (tertiary alicyclic amines) is 1. The van der Waals surface area contributed by atoms with Crippen molar-refractivity contribution in [3.8, 4) is 0 Å². The number of hydrogen-bond acceptors (Lipinski definition) is 2. The highest BCUT2D eigenvalue weighted by Gasteiger charge is 2.35. The average Bonchev–Trinajstić information content (AvgIpc) is 2.40. The second-order valence-electron chi connectivity index (χ2n) is 6.91. The summed E-state index contributed by atoms with van der Waals surface area (Å²) in [7, 11) is 0. The summed E-state index contributed by atoms with van der Waals surface area (Å²) in [5.41, 5.74) is 7.36. The Morgan fingerprint density at radius 1 is 0.889 bits per heavy atom. The number of nitrogens with zero attached hydrogens (tertiary/aromatic N) is 1. The van der Waals surface area contributed by atoms with Crippen molar-refractivity contribution in [3.63, 3.8) is 0 Å². The second kappa shape index (κ2) is 5.92. The van der Waals surface area contributed by atoms with Gasteiger partial charge in [-0.25, -0.2) is 0 Å². The summed E-state index contributed by atoms with van der Waals surface area (Å²) in [6.07, 6.45) is 12.1. The summed E-state index contributed by atoms with van der Waals surface area (Å²) in [5, 5.41) is 0. The van der Waals surface area contributed by atoms with E-state index in [2.05, 4.69) is 18.7 Å². The highest BCUT2D eigenvalue weighted by Crippen LogP contribution is 2.38. The molecule has 0 unspecified atom stereocenters. The third-order valence-corrected chi connectivity index (χ3v) is 5.80. The van der Waals surface area contributed by atoms with E-state index >= 15 is 0 Å². The van der Waals surface area contributed by atoms with Crippen LogP contribution in [-0.2, 0) is 0 Å². The highest BCUT2D eigenvalue weighted by atomic mass is 15.2. The molecule has 0 amide bonds. The van der Waals surface area contributed by atoms with E-state index in [0.717, 1.165) is 6.54 Å². The molecule has 2 fully saturated rings. The van der Waals surface area contributed by atoms with Crippen LogP contribution in [0.5, 0.6) is 0 Å². The second-order valence-corrected chi connectivity index (χ2v) is 6.91. The van der Waals surface area contributed by atoms with Gasteiger partial charge in [-0.15, -0.1) is 0 Å². The molecule has 2 aliphatic rings. The Hall–Kier alpha value is -0.0800. The van der Waals surface area contributed by atoms with Crippen molar-refractivity contribution >= 4 is 0 Å². The molecule has 0 aromatic rings. The first-order valence-corrected chi connectivity index (χ1v) is 8.13. The van der Waals surface area contributed by atoms with Gasteiger partial charge in [-0.2, -0.15) is 0 Å². The smallest absolute Gasteiger partial charge is 0.0283 e. The van der Waals surface area contributed by atoms with Crippen LogP contribution < -0.4 is 5.73 Å². The van der Waals surface area contributed by atoms with Crippen LogP contribution in [0.1, 0.15) is 71.6 Å². The molecule has 0 radical (unpaired) electrons. The summed E-state index contributed by atoms with van der Waals surface area (Å²) in [5.74, 6) is 0. The zero-order valence-electron chi connectivity index (χ0n) is 12.5. The minimum atomic E-state index is 0.136. The SMILES string of the molecule is CCC1(CC)CCN(CC2(N)CCCCC2)CC1. The molecule has 106 valence electrons. The van der Waals surface area contributed by atoms with Crippen LogP contribution >= 0.6 is 0 Å². The zero-order valence-corrected chi connectivity index (χ0v) is 12.5. The number of rotatable bonds is 4. The van der Waals surface area contributed by atoms with Crippen LogP contribution in [0.4, 0.5) is 0 Å². The van der Waals surface area contributed by atoms with Crippen LogP contribution in [0.2, 0.25) is 0 Å². The van der Waals surface area contributed by atoms with Crippen LogP contribution in [0.15, 0.2) is 0 Å². The molecule has 0 atom stereocenters. The molecule has 0 bridgehead atoms. The summed E-state index contributed by atoms with van der Waals surface area (Å²) < 4.78 is 0. The number of hydrogen-bond donors (Lipinski definition) is 1. The third kappa shape index (κ3) is 3.27. The standard InChI is InChI=1S/C16H32N2/c1-3-15(4-2)10-12-18(13-11-15)14-16(17)8-6-5-7-9-16/h3-14,17H2,1-2H3. The van der Waals surface area contributed by atoms with E-state index in [-0.39, 0.29) is 5.54 Å². The molecule has 2 N–H and O–H groups in total. The Bertz CT molecular complexity index is 242. The van der Waals surface area contributed by atoms with E-state index in [9.17, 15) is 0 Å². The van der Waals surface area contributed by atoms with Crippen molar-refractivity contribution < 1.29 is 0 Å². The maximum Gasteiger partial charge on any atom is 0.0283 e. The van der Waals surface area contributed by atoms with Gasteiger partial charge in [-0.1, -0.05) is 46.0 Å². The van der Waals surface area contributed by atoms with Crippen molar-refractivity contribution in [2.75, 3.05) is 19.6 Å². The first kappa shape index (κ1) is 14.3. The summed E-state index contributed by atoms with van der Waals surface area (Å²) in [4.78, 5) is 2.65. The molecule has 1 aliphatic carbocycles. The molecular formula is C16H32N2. The monoisotopic (exact) mass is 252 g/mol. The molecular weight excluding hydrogens is 220 g/mol. The Balaban J connectivity index is 1.82. The summed E-state index contributed by atoms with van der Waals surface area (Å²) >= 11 is 0. The molecule has 1 saturated carbocycles. The number of nitrogens with two attached hydrogens (primary N) is 1. The lowest BCUT2D eigenvalue weighted by molar-refractivity contribution is 0.0715. The fraction of sp³-hybridized carbons (Fsp3) is 1.00. The van der Waals surface area contributed by atoms with E-state index in [4.69, 9.17) is 5.73 Å². The van der Waals surface area contributed by atoms with Crippen LogP contribution in [0.25, 0.3) is 0 Å². The highest BCUT2D eigenvalue weighted by molar-refractivity contribution is 4.93. The fourth-order valence-electron chi connectivity index (χ4n) is 4.00. The van der Waals surface area contributed by atoms with Crippen LogP contribution in [-0.4, -0.2) is 30.1 Å². The van der Waals surface area contributed by atoms with E-state index in [0.29, 0.717) is 5.41 Å². The van der Waals surface area contributed by atoms with Gasteiger partial charge < -0.3 is 10.6 Å². The minimum Gasteiger partial charge on any atom is -0.324 e. The lowest BCUT2D eigenvalue weighted by Gasteiger charge is -2.45. The Kier molecular flexibility index (Phi) is 4.71. The molecule has 0 aromatic carbocycles. The maximum absolute atomic E-state index is 6.58. The normalized spacial score (nSPS) is 28.2. The van der Waals surface area contributed by atoms with E-state index < -0.39 is 0 Å². The van der Waals surface area contributed by atoms with E-state index in [1.54, 1.807) is 0 Å². The first-order chi connectivity index (χ1) is 8.61. The molecule has 1 saturated heterocycles. The Labute approximate surface area is 113 Å². The van der Waals surface area contributed by atoms with Crippen molar-refractivity contribution in [2.45, 2.75) is 77.2 Å². The molecule has 18 heavy (non-hydrogen) atoms. The Morgan fingerprint density at radius 3 is 1.94 bits per heavy atom. The molecule has 0 aromatic heterocycles. The van der Waals surface area contributed by atoms with Crippen molar-refractivity contribution in [1.29, 1.82) is 0 Å². The maximum atomic E-state index is 6.58. The topological polar surface area (TPSA) is 29.3 Å². The van der Waals surface area contributed by atoms with E-state index in [1.165, 1.54) is 70.9 Å². The predicted octanol–water partition coefficient (Wildman–Crippen LogP) is 3.55. The van der Waals surface area contributed by atoms with Crippen molar-refractivity contribution in [3.05, 3.63) is 0 Å². The molecule has 2 heteroatoms. The van der Waals surface area contributed by atoms with Crippen molar-refractivity contribution in [1.82, 2.24) is 4.90 Å². The van der Waals surface area contributed by atoms with Crippen molar-refractivity contribution in [2.24, 2.45) is 11.1 Å². The van der Waals surface area contributed by atoms with Gasteiger partial charge >= 0.3 is 0 Å². The molecule has 1 aliphatic heterocycles.